The molecule has 1 atom stereocenters. The Labute approximate surface area is 146 Å². The summed E-state index contributed by atoms with van der Waals surface area (Å²) in [5.74, 6) is -0.830. The van der Waals surface area contributed by atoms with Crippen molar-refractivity contribution >= 4 is 27.5 Å². The van der Waals surface area contributed by atoms with Gasteiger partial charge in [0.05, 0.1) is 29.9 Å². The molecule has 0 radical (unpaired) electrons. The first kappa shape index (κ1) is 16.0. The number of thiophene rings is 1. The second kappa shape index (κ2) is 5.80. The lowest BCUT2D eigenvalue weighted by molar-refractivity contribution is -0.139. The van der Waals surface area contributed by atoms with Gasteiger partial charge in [0.15, 0.2) is 0 Å². The Morgan fingerprint density at radius 2 is 2.28 bits per heavy atom. The first-order valence-corrected chi connectivity index (χ1v) is 8.94. The molecule has 3 aromatic heterocycles. The Morgan fingerprint density at radius 1 is 1.48 bits per heavy atom. The summed E-state index contributed by atoms with van der Waals surface area (Å²) in [5.41, 5.74) is 2.06. The third-order valence-electron chi connectivity index (χ3n) is 4.85. The molecule has 130 valence electrons. The highest BCUT2D eigenvalue weighted by Gasteiger charge is 2.32. The summed E-state index contributed by atoms with van der Waals surface area (Å²) >= 11 is 1.44. The third-order valence-corrected chi connectivity index (χ3v) is 6.02. The number of rotatable bonds is 3. The Morgan fingerprint density at radius 3 is 2.96 bits per heavy atom. The van der Waals surface area contributed by atoms with Crippen LogP contribution < -0.4 is 5.56 Å². The van der Waals surface area contributed by atoms with Gasteiger partial charge >= 0.3 is 5.97 Å². The molecule has 3 heterocycles. The molecule has 7 nitrogen and oxygen atoms in total. The van der Waals surface area contributed by atoms with Gasteiger partial charge in [0.25, 0.3) is 5.56 Å². The van der Waals surface area contributed by atoms with Crippen molar-refractivity contribution in [1.29, 1.82) is 0 Å². The van der Waals surface area contributed by atoms with Crippen molar-refractivity contribution in [3.63, 3.8) is 0 Å². The van der Waals surface area contributed by atoms with E-state index in [1.54, 1.807) is 6.92 Å². The average Bonchev–Trinajstić information content (AvgIpc) is 3.11. The minimum Gasteiger partial charge on any atom is -0.481 e. The van der Waals surface area contributed by atoms with Crippen LogP contribution in [0.1, 0.15) is 46.2 Å². The second-order valence-corrected chi connectivity index (χ2v) is 7.47. The molecule has 0 bridgehead atoms. The molecule has 3 aromatic rings. The average molecular weight is 359 g/mol. The third kappa shape index (κ3) is 2.48. The first-order chi connectivity index (χ1) is 12.0. The SMILES string of the molecule is Cc1noc(C)c1Cn1cnc2sc3c(c2c1=O)C(C(=O)O)CCC3. The maximum absolute atomic E-state index is 13.1. The highest BCUT2D eigenvalue weighted by atomic mass is 32.1. The fourth-order valence-corrected chi connectivity index (χ4v) is 4.75. The van der Waals surface area contributed by atoms with Gasteiger partial charge < -0.3 is 9.63 Å². The minimum atomic E-state index is -0.874. The highest BCUT2D eigenvalue weighted by Crippen LogP contribution is 2.40. The number of hydrogen-bond donors (Lipinski definition) is 1. The van der Waals surface area contributed by atoms with Gasteiger partial charge in [-0.05, 0) is 38.7 Å². The fraction of sp³-hybridized carbons (Fsp3) is 0.412. The van der Waals surface area contributed by atoms with Gasteiger partial charge in [0.1, 0.15) is 10.6 Å². The molecule has 1 N–H and O–H groups in total. The van der Waals surface area contributed by atoms with E-state index in [1.807, 2.05) is 6.92 Å². The highest BCUT2D eigenvalue weighted by molar-refractivity contribution is 7.18. The number of nitrogens with zero attached hydrogens (tertiary/aromatic N) is 3. The molecule has 25 heavy (non-hydrogen) atoms. The number of aliphatic carboxylic acids is 1. The number of carboxylic acid groups (broad SMARTS) is 1. The summed E-state index contributed by atoms with van der Waals surface area (Å²) in [6.45, 7) is 3.94. The Hall–Kier alpha value is -2.48. The maximum atomic E-state index is 13.1. The van der Waals surface area contributed by atoms with Gasteiger partial charge in [-0.1, -0.05) is 5.16 Å². The molecule has 1 unspecified atom stereocenters. The quantitative estimate of drug-likeness (QED) is 0.772. The van der Waals surface area contributed by atoms with Gasteiger partial charge in [-0.15, -0.1) is 11.3 Å². The lowest BCUT2D eigenvalue weighted by Gasteiger charge is -2.18. The van der Waals surface area contributed by atoms with Crippen LogP contribution in [-0.2, 0) is 17.8 Å². The van der Waals surface area contributed by atoms with Crippen LogP contribution >= 0.6 is 11.3 Å². The molecular weight excluding hydrogens is 342 g/mol. The van der Waals surface area contributed by atoms with E-state index in [-0.39, 0.29) is 5.56 Å². The largest absolute Gasteiger partial charge is 0.481 e. The van der Waals surface area contributed by atoms with Crippen molar-refractivity contribution in [1.82, 2.24) is 14.7 Å². The van der Waals surface area contributed by atoms with Crippen LogP contribution in [-0.4, -0.2) is 25.8 Å². The predicted octanol–water partition coefficient (Wildman–Crippen LogP) is 2.62. The molecule has 1 aliphatic carbocycles. The standard InChI is InChI=1S/C17H17N3O4S/c1-8-11(9(2)24-19-8)6-20-7-18-15-14(16(20)21)13-10(17(22)23)4-3-5-12(13)25-15/h7,10H,3-6H2,1-2H3,(H,22,23). The van der Waals surface area contributed by atoms with E-state index in [0.717, 1.165) is 29.0 Å². The van der Waals surface area contributed by atoms with E-state index >= 15 is 0 Å². The van der Waals surface area contributed by atoms with Crippen molar-refractivity contribution in [3.05, 3.63) is 44.1 Å². The first-order valence-electron chi connectivity index (χ1n) is 8.12. The molecule has 4 rings (SSSR count). The molecule has 0 aromatic carbocycles. The van der Waals surface area contributed by atoms with Crippen molar-refractivity contribution in [2.24, 2.45) is 0 Å². The van der Waals surface area contributed by atoms with Gasteiger partial charge in [-0.3, -0.25) is 14.2 Å². The zero-order chi connectivity index (χ0) is 17.7. The lowest BCUT2D eigenvalue weighted by atomic mass is 9.86. The molecule has 0 spiro atoms. The Balaban J connectivity index is 1.89. The smallest absolute Gasteiger partial charge is 0.311 e. The monoisotopic (exact) mass is 359 g/mol. The van der Waals surface area contributed by atoms with Crippen LogP contribution in [0.15, 0.2) is 15.6 Å². The summed E-state index contributed by atoms with van der Waals surface area (Å²) in [6, 6.07) is 0. The normalized spacial score (nSPS) is 17.0. The minimum absolute atomic E-state index is 0.198. The molecule has 0 aliphatic heterocycles. The van der Waals surface area contributed by atoms with Crippen LogP contribution in [0.2, 0.25) is 0 Å². The Bertz CT molecular complexity index is 1030. The number of aryl methyl sites for hydroxylation is 3. The molecule has 0 amide bonds. The topological polar surface area (TPSA) is 98.2 Å². The van der Waals surface area contributed by atoms with E-state index in [2.05, 4.69) is 10.1 Å². The van der Waals surface area contributed by atoms with Gasteiger partial charge in [-0.2, -0.15) is 0 Å². The van der Waals surface area contributed by atoms with Crippen molar-refractivity contribution in [3.8, 4) is 0 Å². The summed E-state index contributed by atoms with van der Waals surface area (Å²) in [5, 5.41) is 13.9. The van der Waals surface area contributed by atoms with E-state index in [9.17, 15) is 14.7 Å². The van der Waals surface area contributed by atoms with Crippen molar-refractivity contribution < 1.29 is 14.4 Å². The van der Waals surface area contributed by atoms with Crippen LogP contribution in [0.4, 0.5) is 0 Å². The lowest BCUT2D eigenvalue weighted by Crippen LogP contribution is -2.24. The molecule has 8 heteroatoms. The van der Waals surface area contributed by atoms with E-state index in [1.165, 1.54) is 22.2 Å². The molecular formula is C17H17N3O4S. The number of hydrogen-bond acceptors (Lipinski definition) is 6. The van der Waals surface area contributed by atoms with E-state index in [0.29, 0.717) is 34.5 Å². The molecule has 1 aliphatic rings. The number of fused-ring (bicyclic) bond motifs is 3. The summed E-state index contributed by atoms with van der Waals surface area (Å²) in [7, 11) is 0. The summed E-state index contributed by atoms with van der Waals surface area (Å²) < 4.78 is 6.67. The van der Waals surface area contributed by atoms with Crippen LogP contribution in [0.5, 0.6) is 0 Å². The maximum Gasteiger partial charge on any atom is 0.311 e. The van der Waals surface area contributed by atoms with Crippen molar-refractivity contribution in [2.75, 3.05) is 0 Å². The van der Waals surface area contributed by atoms with Gasteiger partial charge in [0, 0.05) is 10.4 Å². The van der Waals surface area contributed by atoms with E-state index < -0.39 is 11.9 Å². The fourth-order valence-electron chi connectivity index (χ4n) is 3.52. The van der Waals surface area contributed by atoms with Crippen LogP contribution in [0.3, 0.4) is 0 Å². The predicted molar refractivity (Wildman–Crippen MR) is 92.3 cm³/mol. The van der Waals surface area contributed by atoms with Gasteiger partial charge in [-0.25, -0.2) is 4.98 Å². The second-order valence-electron chi connectivity index (χ2n) is 6.38. The zero-order valence-corrected chi connectivity index (χ0v) is 14.7. The molecule has 0 saturated carbocycles. The summed E-state index contributed by atoms with van der Waals surface area (Å²) in [6.07, 6.45) is 3.72. The number of carboxylic acids is 1. The number of aromatic nitrogens is 3. The zero-order valence-electron chi connectivity index (χ0n) is 13.9. The van der Waals surface area contributed by atoms with E-state index in [4.69, 9.17) is 4.52 Å². The van der Waals surface area contributed by atoms with Crippen molar-refractivity contribution in [2.45, 2.75) is 45.6 Å². The summed E-state index contributed by atoms with van der Waals surface area (Å²) in [4.78, 5) is 30.7. The Kier molecular flexibility index (Phi) is 3.72. The van der Waals surface area contributed by atoms with Crippen LogP contribution in [0.25, 0.3) is 10.2 Å². The number of carbonyl (C=O) groups is 1. The van der Waals surface area contributed by atoms with Crippen LogP contribution in [0, 0.1) is 13.8 Å². The van der Waals surface area contributed by atoms with Gasteiger partial charge in [0.2, 0.25) is 0 Å². The molecule has 0 fully saturated rings. The molecule has 0 saturated heterocycles.